The topological polar surface area (TPSA) is 29.1 Å². The van der Waals surface area contributed by atoms with Crippen molar-refractivity contribution < 1.29 is 4.79 Å². The number of carbonyl (C=O) groups is 1. The smallest absolute Gasteiger partial charge is 0.223 e. The molecule has 0 radical (unpaired) electrons. The average molecular weight is 258 g/mol. The Hall–Kier alpha value is -0.240. The van der Waals surface area contributed by atoms with Gasteiger partial charge in [0.1, 0.15) is 0 Å². The van der Waals surface area contributed by atoms with Gasteiger partial charge in [-0.05, 0) is 43.9 Å². The van der Waals surface area contributed by atoms with E-state index in [4.69, 9.17) is 11.6 Å². The van der Waals surface area contributed by atoms with E-state index in [1.807, 2.05) is 0 Å². The zero-order valence-corrected chi connectivity index (χ0v) is 11.7. The Kier molecular flexibility index (Phi) is 4.02. The molecule has 17 heavy (non-hydrogen) atoms. The second-order valence-corrected chi connectivity index (χ2v) is 6.25. The molecule has 2 aliphatic rings. The molecule has 0 aromatic heterocycles. The molecule has 0 spiro atoms. The number of fused-ring (bicyclic) bond motifs is 1. The molecule has 0 aromatic carbocycles. The molecule has 2 atom stereocenters. The molecule has 0 aromatic rings. The van der Waals surface area contributed by atoms with Gasteiger partial charge in [-0.3, -0.25) is 4.79 Å². The van der Waals surface area contributed by atoms with Crippen LogP contribution in [0.3, 0.4) is 0 Å². The number of nitrogens with one attached hydrogen (secondary N) is 1. The van der Waals surface area contributed by atoms with Gasteiger partial charge in [0, 0.05) is 23.8 Å². The first kappa shape index (κ1) is 13.2. The zero-order chi connectivity index (χ0) is 12.5. The predicted molar refractivity (Wildman–Crippen MR) is 71.1 cm³/mol. The van der Waals surface area contributed by atoms with Crippen LogP contribution in [0.4, 0.5) is 0 Å². The third-order valence-electron chi connectivity index (χ3n) is 5.04. The third kappa shape index (κ3) is 2.78. The van der Waals surface area contributed by atoms with Crippen LogP contribution in [0.25, 0.3) is 0 Å². The van der Waals surface area contributed by atoms with Crippen molar-refractivity contribution in [1.29, 1.82) is 0 Å². The number of amides is 1. The normalized spacial score (nSPS) is 31.1. The van der Waals surface area contributed by atoms with Gasteiger partial charge in [-0.15, -0.1) is 11.6 Å². The maximum absolute atomic E-state index is 12.1. The first-order valence-electron chi connectivity index (χ1n) is 6.97. The number of rotatable bonds is 6. The minimum absolute atomic E-state index is 0.0960. The van der Waals surface area contributed by atoms with Gasteiger partial charge >= 0.3 is 0 Å². The van der Waals surface area contributed by atoms with Crippen LogP contribution in [-0.4, -0.2) is 18.3 Å². The van der Waals surface area contributed by atoms with Crippen LogP contribution in [0.2, 0.25) is 0 Å². The van der Waals surface area contributed by atoms with E-state index in [0.717, 1.165) is 44.1 Å². The quantitative estimate of drug-likeness (QED) is 0.728. The van der Waals surface area contributed by atoms with Crippen molar-refractivity contribution in [3.8, 4) is 0 Å². The fraction of sp³-hybridized carbons (Fsp3) is 0.929. The monoisotopic (exact) mass is 257 g/mol. The Morgan fingerprint density at radius 2 is 1.82 bits per heavy atom. The first-order chi connectivity index (χ1) is 8.14. The average Bonchev–Trinajstić information content (AvgIpc) is 2.98. The number of halogens is 1. The van der Waals surface area contributed by atoms with Crippen molar-refractivity contribution in [3.05, 3.63) is 0 Å². The summed E-state index contributed by atoms with van der Waals surface area (Å²) in [6, 6.07) is 0. The molecule has 2 nitrogen and oxygen atoms in total. The minimum atomic E-state index is 0.0960. The van der Waals surface area contributed by atoms with Crippen molar-refractivity contribution >= 4 is 17.5 Å². The summed E-state index contributed by atoms with van der Waals surface area (Å²) in [7, 11) is 0. The van der Waals surface area contributed by atoms with Crippen LogP contribution in [-0.2, 0) is 4.79 Å². The summed E-state index contributed by atoms with van der Waals surface area (Å²) in [4.78, 5) is 12.1. The highest BCUT2D eigenvalue weighted by atomic mass is 35.5. The summed E-state index contributed by atoms with van der Waals surface area (Å²) in [6.45, 7) is 5.06. The lowest BCUT2D eigenvalue weighted by molar-refractivity contribution is -0.125. The van der Waals surface area contributed by atoms with Gasteiger partial charge in [0.2, 0.25) is 5.91 Å². The van der Waals surface area contributed by atoms with Gasteiger partial charge in [0.25, 0.3) is 0 Å². The highest BCUT2D eigenvalue weighted by molar-refractivity contribution is 6.18. The Morgan fingerprint density at radius 1 is 1.24 bits per heavy atom. The van der Waals surface area contributed by atoms with E-state index in [1.165, 1.54) is 6.42 Å². The second-order valence-electron chi connectivity index (χ2n) is 5.98. The second kappa shape index (κ2) is 5.17. The Morgan fingerprint density at radius 3 is 2.29 bits per heavy atom. The van der Waals surface area contributed by atoms with E-state index in [0.29, 0.717) is 11.8 Å². The van der Waals surface area contributed by atoms with E-state index in [1.54, 1.807) is 0 Å². The lowest BCUT2D eigenvalue weighted by atomic mass is 9.84. The van der Waals surface area contributed by atoms with Crippen LogP contribution in [0.1, 0.15) is 46.0 Å². The minimum Gasteiger partial charge on any atom is -0.355 e. The Balaban J connectivity index is 1.78. The van der Waals surface area contributed by atoms with Gasteiger partial charge in [0.05, 0.1) is 0 Å². The summed E-state index contributed by atoms with van der Waals surface area (Å²) < 4.78 is 0. The highest BCUT2D eigenvalue weighted by Crippen LogP contribution is 2.54. The summed E-state index contributed by atoms with van der Waals surface area (Å²) in [6.07, 6.45) is 5.69. The van der Waals surface area contributed by atoms with Crippen molar-refractivity contribution in [2.45, 2.75) is 46.0 Å². The summed E-state index contributed by atoms with van der Waals surface area (Å²) in [5, 5.41) is 3.14. The number of hydrogen-bond donors (Lipinski definition) is 1. The maximum Gasteiger partial charge on any atom is 0.223 e. The van der Waals surface area contributed by atoms with Crippen molar-refractivity contribution in [2.24, 2.45) is 23.2 Å². The van der Waals surface area contributed by atoms with Crippen molar-refractivity contribution in [1.82, 2.24) is 5.32 Å². The van der Waals surface area contributed by atoms with Gasteiger partial charge in [-0.2, -0.15) is 0 Å². The standard InChI is InChI=1S/C14H24ClNO/c1-3-14(4-2,8-15)9-16-13(17)12-6-10-5-11(10)7-12/h10-12H,3-9H2,1-2H3,(H,16,17). The van der Waals surface area contributed by atoms with Crippen LogP contribution in [0, 0.1) is 23.2 Å². The molecule has 1 N–H and O–H groups in total. The molecule has 1 amide bonds. The fourth-order valence-corrected chi connectivity index (χ4v) is 3.56. The molecule has 2 saturated carbocycles. The molecule has 0 bridgehead atoms. The van der Waals surface area contributed by atoms with Crippen LogP contribution in [0.5, 0.6) is 0 Å². The molecule has 0 saturated heterocycles. The maximum atomic E-state index is 12.1. The van der Waals surface area contributed by atoms with Gasteiger partial charge < -0.3 is 5.32 Å². The van der Waals surface area contributed by atoms with Crippen molar-refractivity contribution in [2.75, 3.05) is 12.4 Å². The Bertz CT molecular complexity index is 270. The van der Waals surface area contributed by atoms with Crippen LogP contribution < -0.4 is 5.32 Å². The van der Waals surface area contributed by atoms with E-state index in [9.17, 15) is 4.79 Å². The molecule has 3 heteroatoms. The van der Waals surface area contributed by atoms with E-state index < -0.39 is 0 Å². The first-order valence-corrected chi connectivity index (χ1v) is 7.51. The molecular weight excluding hydrogens is 234 g/mol. The molecule has 2 unspecified atom stereocenters. The SMILES string of the molecule is CCC(CC)(CCl)CNC(=O)C1CC2CC2C1. The lowest BCUT2D eigenvalue weighted by Gasteiger charge is -2.30. The molecule has 2 rings (SSSR count). The number of alkyl halides is 1. The number of carbonyl (C=O) groups excluding carboxylic acids is 1. The van der Waals surface area contributed by atoms with Crippen LogP contribution >= 0.6 is 11.6 Å². The van der Waals surface area contributed by atoms with E-state index in [-0.39, 0.29) is 11.3 Å². The summed E-state index contributed by atoms with van der Waals surface area (Å²) in [5.41, 5.74) is 0.0960. The summed E-state index contributed by atoms with van der Waals surface area (Å²) in [5.74, 6) is 2.95. The van der Waals surface area contributed by atoms with Gasteiger partial charge in [0.15, 0.2) is 0 Å². The molecule has 2 aliphatic carbocycles. The largest absolute Gasteiger partial charge is 0.355 e. The lowest BCUT2D eigenvalue weighted by Crippen LogP contribution is -2.40. The van der Waals surface area contributed by atoms with Gasteiger partial charge in [-0.1, -0.05) is 13.8 Å². The third-order valence-corrected chi connectivity index (χ3v) is 5.60. The van der Waals surface area contributed by atoms with Crippen LogP contribution in [0.15, 0.2) is 0 Å². The van der Waals surface area contributed by atoms with Crippen molar-refractivity contribution in [3.63, 3.8) is 0 Å². The molecular formula is C14H24ClNO. The van der Waals surface area contributed by atoms with Gasteiger partial charge in [-0.25, -0.2) is 0 Å². The zero-order valence-electron chi connectivity index (χ0n) is 11.0. The molecule has 2 fully saturated rings. The Labute approximate surface area is 109 Å². The molecule has 0 aliphatic heterocycles. The summed E-state index contributed by atoms with van der Waals surface area (Å²) >= 11 is 6.05. The van der Waals surface area contributed by atoms with E-state index >= 15 is 0 Å². The number of hydrogen-bond acceptors (Lipinski definition) is 1. The van der Waals surface area contributed by atoms with E-state index in [2.05, 4.69) is 19.2 Å². The highest BCUT2D eigenvalue weighted by Gasteiger charge is 2.48. The predicted octanol–water partition coefficient (Wildman–Crippen LogP) is 3.19. The molecule has 0 heterocycles. The fourth-order valence-electron chi connectivity index (χ4n) is 3.08. The molecule has 98 valence electrons.